The first-order chi connectivity index (χ1) is 66.2. The van der Waals surface area contributed by atoms with E-state index in [1.807, 2.05) is 0 Å². The first kappa shape index (κ1) is 154. The SMILES string of the molecule is CO[C@@H]1[C@@H](OC)[C@H]2O[C@H]3[C@H](OC)[C@@H](OC)[C@@H](O[C@H]4[C@H](OC)[C@@H](OC)[C@@H](O[C@H]5[C@H](OC)[C@@H](OC)[C@@H](O[C@H]6[C@H](OC)[C@@H](OC)[C@@H](O[C@H]7[C@H](OC)[C@@H](OC)[C@@H](O[C@H]8[C@H](OC)[C@@H](OC)[C@@H](O[C@@H]1[C@@H](COCCCS(=O)(=O)[O-])O2)O[C@@H]8COCCCS(=O)(=O)[O-])O[C@@H]7COCCCS(=O)(=O)[O-])O[C@@H]6COCCCS(=O)(=O)[O-])O[C@@H]5COCCCS(=O)(=O)[O-])O[C@@H]4COCCCS(=O)(=O)[O-])O[C@@H]3COCCCS(=O)(=O)[O-].[K+].[K+].[K+].[K+].[K+].[K+].[K+]. The summed E-state index contributed by atoms with van der Waals surface area (Å²) in [5, 5.41) is 0. The van der Waals surface area contributed by atoms with Gasteiger partial charge in [0.1, 0.15) is 171 Å². The zero-order chi connectivity index (χ0) is 103. The van der Waals surface area contributed by atoms with Crippen molar-refractivity contribution in [1.82, 2.24) is 0 Å². The van der Waals surface area contributed by atoms with E-state index in [1.54, 1.807) is 0 Å². The fraction of sp³-hybridized carbons (Fsp3) is 1.00. The van der Waals surface area contributed by atoms with Crippen LogP contribution in [0.15, 0.2) is 0 Å². The Morgan fingerprint density at radius 1 is 0.163 bits per heavy atom. The van der Waals surface area contributed by atoms with Gasteiger partial charge in [-0.3, -0.25) is 0 Å². The Labute approximate surface area is 1160 Å². The molecule has 21 rings (SSSR count). The van der Waals surface area contributed by atoms with Crippen molar-refractivity contribution in [2.45, 2.75) is 260 Å². The molecule has 21 saturated heterocycles. The van der Waals surface area contributed by atoms with Gasteiger partial charge < -0.3 is 198 Å². The van der Waals surface area contributed by atoms with Gasteiger partial charge in [0.05, 0.1) is 117 Å². The van der Waals surface area contributed by atoms with Gasteiger partial charge >= 0.3 is 360 Å². The zero-order valence-corrected chi connectivity index (χ0v) is 114. The topological polar surface area (TPSA) is 723 Å². The molecule has 0 aromatic heterocycles. The van der Waals surface area contributed by atoms with Crippen molar-refractivity contribution in [3.05, 3.63) is 0 Å². The molecule has 826 valence electrons. The fourth-order valence-electron chi connectivity index (χ4n) is 17.5. The largest absolute Gasteiger partial charge is 1.00 e. The average molecular weight is 2450 g/mol. The molecule has 0 spiro atoms. The molecule has 35 atom stereocenters. The Morgan fingerprint density at radius 3 is 0.340 bits per heavy atom. The maximum Gasteiger partial charge on any atom is 1.00 e. The van der Waals surface area contributed by atoms with Gasteiger partial charge in [0.15, 0.2) is 44.0 Å². The van der Waals surface area contributed by atoms with Crippen LogP contribution in [0.4, 0.5) is 0 Å². The van der Waals surface area contributed by atoms with Gasteiger partial charge in [-0.15, -0.1) is 0 Å². The molecule has 0 aromatic rings. The number of methoxy groups -OCH3 is 14. The molecule has 0 amide bonds. The maximum absolute atomic E-state index is 12.0. The van der Waals surface area contributed by atoms with Gasteiger partial charge in [0, 0.05) is 186 Å². The molecule has 0 N–H and O–H groups in total. The molecule has 0 aromatic carbocycles. The monoisotopic (exact) mass is 2450 g/mol. The number of rotatable bonds is 56. The van der Waals surface area contributed by atoms with E-state index in [4.69, 9.17) is 166 Å². The van der Waals surface area contributed by atoms with Crippen molar-refractivity contribution < 1.29 is 616 Å². The van der Waals surface area contributed by atoms with E-state index in [0.29, 0.717) is 0 Å². The molecular weight excluding hydrogens is 2320 g/mol. The summed E-state index contributed by atoms with van der Waals surface area (Å²) in [4.78, 5) is 0. The Morgan fingerprint density at radius 2 is 0.259 bits per heavy atom. The predicted molar refractivity (Wildman–Crippen MR) is 456 cm³/mol. The third-order valence-corrected chi connectivity index (χ3v) is 29.3. The summed E-state index contributed by atoms with van der Waals surface area (Å²) in [6.07, 6.45) is -57.0. The predicted octanol–water partition coefficient (Wildman–Crippen LogP) is -27.3. The van der Waals surface area contributed by atoms with Crippen molar-refractivity contribution in [2.24, 2.45) is 0 Å². The van der Waals surface area contributed by atoms with Crippen LogP contribution in [0.25, 0.3) is 0 Å². The van der Waals surface area contributed by atoms with Gasteiger partial charge in [-0.25, -0.2) is 58.9 Å². The van der Waals surface area contributed by atoms with E-state index in [0.717, 1.165) is 0 Å². The van der Waals surface area contributed by atoms with Crippen LogP contribution < -0.4 is 360 Å². The normalized spacial score (nSPS) is 34.9. The van der Waals surface area contributed by atoms with E-state index in [2.05, 4.69) is 0 Å². The van der Waals surface area contributed by atoms with Crippen LogP contribution >= 0.6 is 0 Å². The van der Waals surface area contributed by atoms with Crippen molar-refractivity contribution in [2.75, 3.05) is 232 Å². The molecule has 21 aliphatic heterocycles. The molecule has 21 heterocycles. The molecule has 70 heteroatoms. The molecule has 21 aliphatic rings. The third-order valence-electron chi connectivity index (χ3n) is 23.7. The van der Waals surface area contributed by atoms with Crippen LogP contribution in [0.2, 0.25) is 0 Å². The van der Waals surface area contributed by atoms with E-state index in [1.165, 1.54) is 99.5 Å². The van der Waals surface area contributed by atoms with Gasteiger partial charge in [0.25, 0.3) is 0 Å². The van der Waals surface area contributed by atoms with Crippen molar-refractivity contribution >= 4 is 70.8 Å². The minimum absolute atomic E-state index is 0. The number of hydrogen-bond acceptors (Lipinski definition) is 56. The first-order valence-corrected chi connectivity index (χ1v) is 55.4. The molecule has 0 radical (unpaired) electrons. The summed E-state index contributed by atoms with van der Waals surface area (Å²) in [5.41, 5.74) is 0. The Balaban J connectivity index is 0.0000154. The third kappa shape index (κ3) is 50.8. The van der Waals surface area contributed by atoms with Crippen molar-refractivity contribution in [1.29, 1.82) is 0 Å². The van der Waals surface area contributed by atoms with Crippen molar-refractivity contribution in [3.63, 3.8) is 0 Å². The summed E-state index contributed by atoms with van der Waals surface area (Å²) in [7, 11) is -16.4. The summed E-state index contributed by atoms with van der Waals surface area (Å²) in [6, 6.07) is 0. The van der Waals surface area contributed by atoms with Crippen LogP contribution in [-0.2, 0) is 237 Å². The van der Waals surface area contributed by atoms with Gasteiger partial charge in [-0.2, -0.15) is 0 Å². The van der Waals surface area contributed by atoms with Gasteiger partial charge in [-0.1, -0.05) is 0 Å². The molecular formula is C77H133K7O56S7. The fourth-order valence-corrected chi connectivity index (χ4v) is 20.8. The van der Waals surface area contributed by atoms with Crippen LogP contribution in [0, 0.1) is 0 Å². The summed E-state index contributed by atoms with van der Waals surface area (Å²) in [6.45, 7) is -7.08. The second-order valence-electron chi connectivity index (χ2n) is 33.1. The van der Waals surface area contributed by atoms with Crippen LogP contribution in [0.5, 0.6) is 0 Å². The quantitative estimate of drug-likeness (QED) is 0.0310. The van der Waals surface area contributed by atoms with E-state index in [9.17, 15) is 90.8 Å². The summed E-state index contributed by atoms with van der Waals surface area (Å²) >= 11 is 0. The number of hydrogen-bond donors (Lipinski definition) is 0. The maximum atomic E-state index is 12.0. The number of ether oxygens (including phenoxy) is 35. The smallest absolute Gasteiger partial charge is 0.748 e. The van der Waals surface area contributed by atoms with Gasteiger partial charge in [-0.05, 0) is 44.9 Å². The average Bonchev–Trinajstić information content (AvgIpc) is 0.775. The molecule has 0 saturated carbocycles. The standard InChI is InChI=1S/C77H140O56S7.7K/c1-99-57-50-43(36-113-22-15-29-134(78,79)80)120-71(64(57)106-8)128-51-44(37-114-23-16-30-135(81,82)83)122-73(66(108-10)58(51)100-2)130-53-46(39-116-25-18-32-137(87,88)89)124-75(68(110-12)60(53)102-4)132-55-48(41-118-27-20-34-139(93,94)95)126-77(70(112-14)62(55)104-6)133-56-49(42-119-28-21-35-140(96,97)98)125-76(69(111-13)63(56)105-7)131-54-47(40-117-26-19-33-138(90,91)92)123-74(67(109-11)61(54)103-5)129-52-45(38-115-24-17-31-136(84,85)86)121-72(127-50)65(107-9)59(52)101-3;;;;;;;/h43-77H,15-42H2,1-14H3,(H,78,79,80)(H,81,82,83)(H,84,85,86)(H,87,88,89)(H,90,91,92)(H,93,94,95)(H,96,97,98);;;;;;;/q;7*+1/p-7/t43-,44-,45-,46-,47-,48-,49-,50-,51-,52-,53-,54-,55-,56-,57+,58+,59+,60+,61+,62+,63+,64-,65-,66-,67-,68-,69-,70-,71-,72-,73-,74-,75-,76-,77-;;;;;;;/m1......./s1. The Kier molecular flexibility index (Phi) is 80.9. The minimum Gasteiger partial charge on any atom is -0.748 e. The van der Waals surface area contributed by atoms with Crippen LogP contribution in [-0.4, -0.2) is 538 Å². The van der Waals surface area contributed by atoms with E-state index < -0.39 is 419 Å². The second kappa shape index (κ2) is 77.0. The second-order valence-corrected chi connectivity index (χ2v) is 43.8. The molecule has 0 aliphatic carbocycles. The Hall–Kier alpha value is 9.42. The molecule has 21 fully saturated rings. The first-order valence-electron chi connectivity index (χ1n) is 44.4. The molecule has 147 heavy (non-hydrogen) atoms. The van der Waals surface area contributed by atoms with Crippen LogP contribution in [0.3, 0.4) is 0 Å². The molecule has 0 unspecified atom stereocenters. The zero-order valence-electron chi connectivity index (χ0n) is 86.7. The van der Waals surface area contributed by atoms with Crippen molar-refractivity contribution in [3.8, 4) is 0 Å². The van der Waals surface area contributed by atoms with Gasteiger partial charge in [0.2, 0.25) is 0 Å². The van der Waals surface area contributed by atoms with E-state index in [-0.39, 0.29) is 405 Å². The molecule has 14 bridgehead atoms. The molecule has 56 nitrogen and oxygen atoms in total. The Bertz CT molecular complexity index is 3680. The summed E-state index contributed by atoms with van der Waals surface area (Å²) in [5.74, 6) is -6.19. The van der Waals surface area contributed by atoms with E-state index >= 15 is 0 Å². The minimum atomic E-state index is -4.82. The summed E-state index contributed by atoms with van der Waals surface area (Å²) < 4.78 is 479. The van der Waals surface area contributed by atoms with Crippen LogP contribution in [0.1, 0.15) is 44.9 Å².